The van der Waals surface area contributed by atoms with Gasteiger partial charge in [0.15, 0.2) is 5.17 Å². The second kappa shape index (κ2) is 8.24. The van der Waals surface area contributed by atoms with Gasteiger partial charge in [-0.25, -0.2) is 9.82 Å². The van der Waals surface area contributed by atoms with Crippen molar-refractivity contribution in [2.45, 2.75) is 31.6 Å². The number of hydrazine groups is 1. The molecule has 3 aliphatic rings. The molecule has 3 heterocycles. The number of amidine groups is 1. The first-order chi connectivity index (χ1) is 15.1. The van der Waals surface area contributed by atoms with Crippen molar-refractivity contribution in [3.63, 3.8) is 0 Å². The summed E-state index contributed by atoms with van der Waals surface area (Å²) in [5.74, 6) is -0.276. The number of benzene rings is 2. The lowest BCUT2D eigenvalue weighted by atomic mass is 9.99. The zero-order chi connectivity index (χ0) is 21.4. The van der Waals surface area contributed by atoms with E-state index in [4.69, 9.17) is 0 Å². The van der Waals surface area contributed by atoms with Crippen molar-refractivity contribution < 1.29 is 9.18 Å². The fourth-order valence-electron chi connectivity index (χ4n) is 4.03. The molecule has 0 bridgehead atoms. The van der Waals surface area contributed by atoms with Crippen LogP contribution in [0.1, 0.15) is 23.6 Å². The van der Waals surface area contributed by atoms with E-state index >= 15 is 0 Å². The third-order valence-electron chi connectivity index (χ3n) is 5.64. The van der Waals surface area contributed by atoms with Gasteiger partial charge in [-0.15, -0.1) is 0 Å². The maximum Gasteiger partial charge on any atom is 0.234 e. The number of amides is 1. The number of hydrogen-bond donors (Lipinski definition) is 3. The number of rotatable bonds is 4. The van der Waals surface area contributed by atoms with E-state index in [0.29, 0.717) is 5.69 Å². The van der Waals surface area contributed by atoms with Crippen LogP contribution < -0.4 is 16.2 Å². The second-order valence-electron chi connectivity index (χ2n) is 7.82. The van der Waals surface area contributed by atoms with E-state index in [1.54, 1.807) is 12.1 Å². The molecular weight excluding hydrogens is 415 g/mol. The Labute approximate surface area is 184 Å². The van der Waals surface area contributed by atoms with Crippen LogP contribution in [0.2, 0.25) is 0 Å². The molecule has 2 aromatic carbocycles. The first-order valence-corrected chi connectivity index (χ1v) is 11.1. The molecule has 0 radical (unpaired) electrons. The molecule has 0 saturated carbocycles. The van der Waals surface area contributed by atoms with E-state index in [1.165, 1.54) is 35.0 Å². The van der Waals surface area contributed by atoms with E-state index in [2.05, 4.69) is 62.4 Å². The Balaban J connectivity index is 1.18. The van der Waals surface area contributed by atoms with E-state index in [1.807, 2.05) is 12.4 Å². The van der Waals surface area contributed by atoms with Crippen LogP contribution >= 0.6 is 11.8 Å². The summed E-state index contributed by atoms with van der Waals surface area (Å²) in [6, 6.07) is 14.8. The van der Waals surface area contributed by atoms with Gasteiger partial charge in [-0.05, 0) is 43.2 Å². The third-order valence-corrected chi connectivity index (χ3v) is 6.61. The number of carbonyl (C=O) groups is 1. The summed E-state index contributed by atoms with van der Waals surface area (Å²) in [7, 11) is 0. The second-order valence-corrected chi connectivity index (χ2v) is 8.76. The van der Waals surface area contributed by atoms with Gasteiger partial charge in [-0.3, -0.25) is 10.2 Å². The lowest BCUT2D eigenvalue weighted by molar-refractivity contribution is -0.113. The van der Waals surface area contributed by atoms with Crippen LogP contribution in [-0.2, 0) is 4.79 Å². The Bertz CT molecular complexity index is 1030. The van der Waals surface area contributed by atoms with Crippen molar-refractivity contribution in [3.05, 3.63) is 77.9 Å². The molecule has 3 aliphatic heterocycles. The maximum atomic E-state index is 13.0. The van der Waals surface area contributed by atoms with Crippen molar-refractivity contribution in [2.24, 2.45) is 5.10 Å². The monoisotopic (exact) mass is 438 g/mol. The molecule has 0 aromatic heterocycles. The minimum absolute atomic E-state index is 0.00982. The number of hydrazone groups is 1. The van der Waals surface area contributed by atoms with Crippen molar-refractivity contribution in [1.29, 1.82) is 0 Å². The fraction of sp³-hybridized carbons (Fsp3) is 0.273. The van der Waals surface area contributed by atoms with Gasteiger partial charge in [0, 0.05) is 18.1 Å². The SMILES string of the molecule is Cc1ccc(C2CC3C4NN=C(SCC(=O)Nc5ccc(F)cc5)N4C=CN3N2)cc1. The quantitative estimate of drug-likeness (QED) is 0.682. The molecule has 31 heavy (non-hydrogen) atoms. The number of nitrogens with one attached hydrogen (secondary N) is 3. The average molecular weight is 439 g/mol. The number of carbonyl (C=O) groups excluding carboxylic acids is 1. The Morgan fingerprint density at radius 3 is 2.74 bits per heavy atom. The molecule has 2 aromatic rings. The van der Waals surface area contributed by atoms with Crippen molar-refractivity contribution in [1.82, 2.24) is 20.8 Å². The molecule has 1 amide bonds. The predicted molar refractivity (Wildman–Crippen MR) is 120 cm³/mol. The normalized spacial score (nSPS) is 23.8. The summed E-state index contributed by atoms with van der Waals surface area (Å²) in [5.41, 5.74) is 9.89. The zero-order valence-electron chi connectivity index (χ0n) is 17.0. The third kappa shape index (κ3) is 4.11. The number of anilines is 1. The van der Waals surface area contributed by atoms with Crippen LogP contribution in [0.15, 0.2) is 66.0 Å². The molecule has 3 N–H and O–H groups in total. The molecule has 160 valence electrons. The van der Waals surface area contributed by atoms with Crippen LogP contribution in [0.3, 0.4) is 0 Å². The minimum Gasteiger partial charge on any atom is -0.325 e. The summed E-state index contributed by atoms with van der Waals surface area (Å²) in [6.45, 7) is 2.09. The van der Waals surface area contributed by atoms with Crippen LogP contribution in [0.4, 0.5) is 10.1 Å². The first kappa shape index (κ1) is 19.9. The predicted octanol–water partition coefficient (Wildman–Crippen LogP) is 3.11. The highest BCUT2D eigenvalue weighted by atomic mass is 32.2. The Hall–Kier alpha value is -3.04. The number of nitrogens with zero attached hydrogens (tertiary/aromatic N) is 3. The smallest absolute Gasteiger partial charge is 0.234 e. The summed E-state index contributed by atoms with van der Waals surface area (Å²) in [6.07, 6.45) is 4.96. The molecule has 0 aliphatic carbocycles. The Kier molecular flexibility index (Phi) is 5.29. The number of fused-ring (bicyclic) bond motifs is 3. The average Bonchev–Trinajstić information content (AvgIpc) is 3.38. The number of halogens is 1. The van der Waals surface area contributed by atoms with Gasteiger partial charge in [-0.1, -0.05) is 41.6 Å². The molecule has 5 rings (SSSR count). The van der Waals surface area contributed by atoms with E-state index in [-0.39, 0.29) is 35.7 Å². The first-order valence-electron chi connectivity index (χ1n) is 10.2. The highest BCUT2D eigenvalue weighted by Gasteiger charge is 2.44. The fourth-order valence-corrected chi connectivity index (χ4v) is 4.80. The molecule has 3 atom stereocenters. The topological polar surface area (TPSA) is 72.0 Å². The number of aryl methyl sites for hydroxylation is 1. The molecule has 1 fully saturated rings. The number of thioether (sulfide) groups is 1. The molecule has 3 unspecified atom stereocenters. The van der Waals surface area contributed by atoms with E-state index in [0.717, 1.165) is 11.6 Å². The number of hydrogen-bond acceptors (Lipinski definition) is 7. The van der Waals surface area contributed by atoms with Crippen LogP contribution in [0, 0.1) is 12.7 Å². The lowest BCUT2D eigenvalue weighted by Crippen LogP contribution is -2.54. The summed E-state index contributed by atoms with van der Waals surface area (Å²) < 4.78 is 13.0. The lowest BCUT2D eigenvalue weighted by Gasteiger charge is -2.36. The van der Waals surface area contributed by atoms with Gasteiger partial charge in [-0.2, -0.15) is 5.10 Å². The highest BCUT2D eigenvalue weighted by molar-refractivity contribution is 8.14. The molecule has 0 spiro atoms. The van der Waals surface area contributed by atoms with Crippen molar-refractivity contribution in [3.8, 4) is 0 Å². The van der Waals surface area contributed by atoms with Gasteiger partial charge in [0.2, 0.25) is 5.91 Å². The highest BCUT2D eigenvalue weighted by Crippen LogP contribution is 2.35. The van der Waals surface area contributed by atoms with Crippen LogP contribution in [-0.4, -0.2) is 38.9 Å². The van der Waals surface area contributed by atoms with Gasteiger partial charge in [0.25, 0.3) is 0 Å². The largest absolute Gasteiger partial charge is 0.325 e. The van der Waals surface area contributed by atoms with Gasteiger partial charge < -0.3 is 15.2 Å². The zero-order valence-corrected chi connectivity index (χ0v) is 17.8. The maximum absolute atomic E-state index is 13.0. The van der Waals surface area contributed by atoms with Crippen molar-refractivity contribution in [2.75, 3.05) is 11.1 Å². The minimum atomic E-state index is -0.332. The Morgan fingerprint density at radius 2 is 1.97 bits per heavy atom. The van der Waals surface area contributed by atoms with Crippen molar-refractivity contribution >= 4 is 28.5 Å². The summed E-state index contributed by atoms with van der Waals surface area (Å²) in [4.78, 5) is 14.3. The van der Waals surface area contributed by atoms with Crippen LogP contribution in [0.25, 0.3) is 0 Å². The van der Waals surface area contributed by atoms with Crippen LogP contribution in [0.5, 0.6) is 0 Å². The molecular formula is C22H23FN6OS. The Morgan fingerprint density at radius 1 is 1.19 bits per heavy atom. The molecule has 7 nitrogen and oxygen atoms in total. The molecule has 9 heteroatoms. The summed E-state index contributed by atoms with van der Waals surface area (Å²) >= 11 is 1.37. The molecule has 1 saturated heterocycles. The standard InChI is InChI=1S/C22H23FN6OS/c1-14-2-4-15(5-3-14)18-12-19-21-25-26-22(28(21)10-11-29(19)27-18)31-13-20(30)24-17-8-6-16(23)7-9-17/h2-11,18-19,21,25,27H,12-13H2,1H3,(H,24,30). The summed E-state index contributed by atoms with van der Waals surface area (Å²) in [5, 5.41) is 10.1. The van der Waals surface area contributed by atoms with Gasteiger partial charge in [0.1, 0.15) is 12.0 Å². The van der Waals surface area contributed by atoms with E-state index < -0.39 is 0 Å². The van der Waals surface area contributed by atoms with E-state index in [9.17, 15) is 9.18 Å². The van der Waals surface area contributed by atoms with Gasteiger partial charge >= 0.3 is 0 Å². The van der Waals surface area contributed by atoms with Gasteiger partial charge in [0.05, 0.1) is 17.8 Å².